The van der Waals surface area contributed by atoms with Crippen molar-refractivity contribution in [3.8, 4) is 11.8 Å². The first kappa shape index (κ1) is 11.1. The van der Waals surface area contributed by atoms with Gasteiger partial charge in [0.15, 0.2) is 0 Å². The number of hydrogen-bond donors (Lipinski definition) is 1. The van der Waals surface area contributed by atoms with Crippen molar-refractivity contribution in [1.82, 2.24) is 4.90 Å². The standard InChI is InChI=1S/C11H17NO2/c1-2-3-7-12-8-5-4-6-10(12)9-11(13)14/h10H,4-9H2,1H3,(H,13,14). The van der Waals surface area contributed by atoms with E-state index in [9.17, 15) is 4.79 Å². The monoisotopic (exact) mass is 195 g/mol. The van der Waals surface area contributed by atoms with Crippen LogP contribution in [0.15, 0.2) is 0 Å². The predicted octanol–water partition coefficient (Wildman–Crippen LogP) is 1.34. The second-order valence-corrected chi connectivity index (χ2v) is 3.64. The Labute approximate surface area is 85.1 Å². The highest BCUT2D eigenvalue weighted by Gasteiger charge is 2.23. The van der Waals surface area contributed by atoms with E-state index in [-0.39, 0.29) is 12.5 Å². The van der Waals surface area contributed by atoms with Crippen molar-refractivity contribution in [2.45, 2.75) is 38.6 Å². The first-order valence-electron chi connectivity index (χ1n) is 5.09. The van der Waals surface area contributed by atoms with Gasteiger partial charge in [-0.3, -0.25) is 9.69 Å². The van der Waals surface area contributed by atoms with Crippen LogP contribution >= 0.6 is 0 Å². The zero-order valence-electron chi connectivity index (χ0n) is 8.62. The largest absolute Gasteiger partial charge is 0.481 e. The van der Waals surface area contributed by atoms with Crippen molar-refractivity contribution < 1.29 is 9.90 Å². The van der Waals surface area contributed by atoms with Gasteiger partial charge in [0, 0.05) is 6.04 Å². The fourth-order valence-corrected chi connectivity index (χ4v) is 1.88. The molecule has 0 aromatic rings. The molecule has 14 heavy (non-hydrogen) atoms. The minimum absolute atomic E-state index is 0.196. The molecular weight excluding hydrogens is 178 g/mol. The number of carbonyl (C=O) groups is 1. The Hall–Kier alpha value is -1.01. The summed E-state index contributed by atoms with van der Waals surface area (Å²) in [5, 5.41) is 8.75. The first-order chi connectivity index (χ1) is 6.74. The van der Waals surface area contributed by atoms with E-state index in [0.717, 1.165) is 19.4 Å². The van der Waals surface area contributed by atoms with Crippen molar-refractivity contribution in [2.24, 2.45) is 0 Å². The molecule has 1 heterocycles. The summed E-state index contributed by atoms with van der Waals surface area (Å²) in [6.07, 6.45) is 3.57. The maximum absolute atomic E-state index is 10.6. The highest BCUT2D eigenvalue weighted by Crippen LogP contribution is 2.18. The van der Waals surface area contributed by atoms with Gasteiger partial charge in [0.25, 0.3) is 0 Å². The van der Waals surface area contributed by atoms with Gasteiger partial charge in [-0.1, -0.05) is 12.3 Å². The molecule has 1 aliphatic heterocycles. The molecule has 0 spiro atoms. The van der Waals surface area contributed by atoms with E-state index in [2.05, 4.69) is 16.7 Å². The minimum Gasteiger partial charge on any atom is -0.481 e. The average Bonchev–Trinajstić information content (AvgIpc) is 2.16. The Kier molecular flexibility index (Phi) is 4.48. The van der Waals surface area contributed by atoms with Crippen molar-refractivity contribution in [2.75, 3.05) is 13.1 Å². The Morgan fingerprint density at radius 1 is 1.57 bits per heavy atom. The molecule has 0 aromatic heterocycles. The predicted molar refractivity (Wildman–Crippen MR) is 54.9 cm³/mol. The quantitative estimate of drug-likeness (QED) is 0.691. The van der Waals surface area contributed by atoms with Crippen LogP contribution in [0.1, 0.15) is 32.6 Å². The fourth-order valence-electron chi connectivity index (χ4n) is 1.88. The number of rotatable bonds is 3. The van der Waals surface area contributed by atoms with Crippen molar-refractivity contribution in [3.05, 3.63) is 0 Å². The molecule has 0 aromatic carbocycles. The summed E-state index contributed by atoms with van der Waals surface area (Å²) in [6, 6.07) is 0.196. The molecular formula is C11H17NO2. The smallest absolute Gasteiger partial charge is 0.304 e. The third-order valence-electron chi connectivity index (χ3n) is 2.62. The molecule has 1 N–H and O–H groups in total. The second-order valence-electron chi connectivity index (χ2n) is 3.64. The van der Waals surface area contributed by atoms with Crippen LogP contribution < -0.4 is 0 Å². The van der Waals surface area contributed by atoms with E-state index in [1.54, 1.807) is 0 Å². The Balaban J connectivity index is 2.48. The number of carboxylic acid groups (broad SMARTS) is 1. The van der Waals surface area contributed by atoms with Gasteiger partial charge >= 0.3 is 5.97 Å². The van der Waals surface area contributed by atoms with E-state index >= 15 is 0 Å². The van der Waals surface area contributed by atoms with Crippen LogP contribution in [-0.2, 0) is 4.79 Å². The lowest BCUT2D eigenvalue weighted by Gasteiger charge is -2.33. The Bertz CT molecular complexity index is 252. The van der Waals surface area contributed by atoms with Crippen LogP contribution in [-0.4, -0.2) is 35.1 Å². The van der Waals surface area contributed by atoms with Crippen molar-refractivity contribution in [1.29, 1.82) is 0 Å². The summed E-state index contributed by atoms with van der Waals surface area (Å²) in [7, 11) is 0. The normalized spacial score (nSPS) is 22.5. The van der Waals surface area contributed by atoms with E-state index in [1.807, 2.05) is 6.92 Å². The maximum atomic E-state index is 10.6. The molecule has 0 saturated carbocycles. The first-order valence-corrected chi connectivity index (χ1v) is 5.09. The summed E-state index contributed by atoms with van der Waals surface area (Å²) < 4.78 is 0. The zero-order valence-corrected chi connectivity index (χ0v) is 8.62. The summed E-state index contributed by atoms with van der Waals surface area (Å²) in [4.78, 5) is 12.8. The highest BCUT2D eigenvalue weighted by atomic mass is 16.4. The molecule has 0 aliphatic carbocycles. The Morgan fingerprint density at radius 3 is 3.00 bits per heavy atom. The third-order valence-corrected chi connectivity index (χ3v) is 2.62. The highest BCUT2D eigenvalue weighted by molar-refractivity contribution is 5.67. The van der Waals surface area contributed by atoms with Gasteiger partial charge in [0.1, 0.15) is 0 Å². The minimum atomic E-state index is -0.702. The van der Waals surface area contributed by atoms with Crippen LogP contribution in [0.2, 0.25) is 0 Å². The van der Waals surface area contributed by atoms with E-state index < -0.39 is 5.97 Å². The number of hydrogen-bond acceptors (Lipinski definition) is 2. The fraction of sp³-hybridized carbons (Fsp3) is 0.727. The van der Waals surface area contributed by atoms with Crippen LogP contribution in [0.3, 0.4) is 0 Å². The van der Waals surface area contributed by atoms with Gasteiger partial charge in [-0.05, 0) is 26.3 Å². The van der Waals surface area contributed by atoms with Crippen LogP contribution in [0.5, 0.6) is 0 Å². The lowest BCUT2D eigenvalue weighted by molar-refractivity contribution is -0.138. The number of piperidine rings is 1. The Morgan fingerprint density at radius 2 is 2.36 bits per heavy atom. The summed E-state index contributed by atoms with van der Waals surface area (Å²) in [6.45, 7) is 3.53. The molecule has 1 saturated heterocycles. The molecule has 3 heteroatoms. The molecule has 1 rings (SSSR count). The van der Waals surface area contributed by atoms with Gasteiger partial charge in [0.2, 0.25) is 0 Å². The van der Waals surface area contributed by atoms with Crippen LogP contribution in [0.25, 0.3) is 0 Å². The van der Waals surface area contributed by atoms with E-state index in [0.29, 0.717) is 6.54 Å². The lowest BCUT2D eigenvalue weighted by atomic mass is 9.99. The van der Waals surface area contributed by atoms with Crippen LogP contribution in [0.4, 0.5) is 0 Å². The molecule has 0 bridgehead atoms. The number of likely N-dealkylation sites (tertiary alicyclic amines) is 1. The SMILES string of the molecule is CC#CCN1CCCCC1CC(=O)O. The van der Waals surface area contributed by atoms with Gasteiger partial charge in [-0.25, -0.2) is 0 Å². The van der Waals surface area contributed by atoms with Crippen LogP contribution in [0, 0.1) is 11.8 Å². The zero-order chi connectivity index (χ0) is 10.4. The second kappa shape index (κ2) is 5.66. The average molecular weight is 195 g/mol. The van der Waals surface area contributed by atoms with Gasteiger partial charge < -0.3 is 5.11 Å². The third kappa shape index (κ3) is 3.39. The lowest BCUT2D eigenvalue weighted by Crippen LogP contribution is -2.40. The molecule has 1 unspecified atom stereocenters. The molecule has 1 atom stereocenters. The van der Waals surface area contributed by atoms with Crippen molar-refractivity contribution >= 4 is 5.97 Å². The molecule has 1 fully saturated rings. The van der Waals surface area contributed by atoms with E-state index in [1.165, 1.54) is 6.42 Å². The molecule has 0 amide bonds. The molecule has 1 aliphatic rings. The van der Waals surface area contributed by atoms with E-state index in [4.69, 9.17) is 5.11 Å². The number of nitrogens with zero attached hydrogens (tertiary/aromatic N) is 1. The summed E-state index contributed by atoms with van der Waals surface area (Å²) >= 11 is 0. The van der Waals surface area contributed by atoms with Gasteiger partial charge in [-0.15, -0.1) is 5.92 Å². The van der Waals surface area contributed by atoms with Gasteiger partial charge in [-0.2, -0.15) is 0 Å². The summed E-state index contributed by atoms with van der Waals surface area (Å²) in [5.74, 6) is 5.15. The topological polar surface area (TPSA) is 40.5 Å². The number of aliphatic carboxylic acids is 1. The van der Waals surface area contributed by atoms with Gasteiger partial charge in [0.05, 0.1) is 13.0 Å². The van der Waals surface area contributed by atoms with Crippen molar-refractivity contribution in [3.63, 3.8) is 0 Å². The molecule has 0 radical (unpaired) electrons. The molecule has 3 nitrogen and oxygen atoms in total. The maximum Gasteiger partial charge on any atom is 0.304 e. The molecule has 78 valence electrons. The summed E-state index contributed by atoms with van der Waals surface area (Å²) in [5.41, 5.74) is 0. The number of carboxylic acids is 1.